The third-order valence-electron chi connectivity index (χ3n) is 3.82. The number of aromatic nitrogens is 2. The maximum absolute atomic E-state index is 6.05. The summed E-state index contributed by atoms with van der Waals surface area (Å²) >= 11 is 3.65. The van der Waals surface area contributed by atoms with Crippen molar-refractivity contribution in [2.24, 2.45) is 5.73 Å². The van der Waals surface area contributed by atoms with E-state index < -0.39 is 0 Å². The molecule has 108 valence electrons. The highest BCUT2D eigenvalue weighted by Crippen LogP contribution is 2.26. The fraction of sp³-hybridized carbons (Fsp3) is 0.786. The predicted molar refractivity (Wildman–Crippen MR) is 80.0 cm³/mol. The Bertz CT molecular complexity index is 419. The van der Waals surface area contributed by atoms with Crippen LogP contribution in [0.2, 0.25) is 0 Å². The average Bonchev–Trinajstić information content (AvgIpc) is 2.72. The Balaban J connectivity index is 2.00. The molecule has 1 aromatic heterocycles. The van der Waals surface area contributed by atoms with Crippen molar-refractivity contribution in [3.8, 4) is 0 Å². The van der Waals surface area contributed by atoms with Gasteiger partial charge in [-0.3, -0.25) is 4.68 Å². The van der Waals surface area contributed by atoms with Gasteiger partial charge in [-0.05, 0) is 55.0 Å². The van der Waals surface area contributed by atoms with Crippen molar-refractivity contribution >= 4 is 15.9 Å². The highest BCUT2D eigenvalue weighted by Gasteiger charge is 2.21. The first-order valence-electron chi connectivity index (χ1n) is 7.26. The zero-order chi connectivity index (χ0) is 13.8. The first-order valence-corrected chi connectivity index (χ1v) is 8.06. The van der Waals surface area contributed by atoms with Crippen molar-refractivity contribution in [2.45, 2.75) is 71.2 Å². The Hall–Kier alpha value is -0.390. The molecule has 2 atom stereocenters. The number of hydrogen-bond donors (Lipinski definition) is 1. The standard InChI is InChI=1S/C14H24BrN3O/c1-3-12-14(15)13(18(4-2)17-12)9-19-11-7-5-6-10(16)8-11/h10-11H,3-9,16H2,1-2H3. The van der Waals surface area contributed by atoms with Gasteiger partial charge in [0.15, 0.2) is 0 Å². The van der Waals surface area contributed by atoms with Crippen molar-refractivity contribution in [2.75, 3.05) is 0 Å². The van der Waals surface area contributed by atoms with E-state index in [0.717, 1.165) is 48.1 Å². The summed E-state index contributed by atoms with van der Waals surface area (Å²) in [7, 11) is 0. The number of ether oxygens (including phenoxy) is 1. The molecule has 19 heavy (non-hydrogen) atoms. The molecule has 2 N–H and O–H groups in total. The van der Waals surface area contributed by atoms with Crippen LogP contribution in [0.3, 0.4) is 0 Å². The highest BCUT2D eigenvalue weighted by atomic mass is 79.9. The minimum absolute atomic E-state index is 0.306. The third kappa shape index (κ3) is 3.58. The van der Waals surface area contributed by atoms with Gasteiger partial charge in [0.05, 0.1) is 28.6 Å². The summed E-state index contributed by atoms with van der Waals surface area (Å²) in [4.78, 5) is 0. The largest absolute Gasteiger partial charge is 0.372 e. The minimum atomic E-state index is 0.306. The van der Waals surface area contributed by atoms with Crippen LogP contribution in [-0.2, 0) is 24.3 Å². The van der Waals surface area contributed by atoms with E-state index in [4.69, 9.17) is 10.5 Å². The molecule has 4 nitrogen and oxygen atoms in total. The Morgan fingerprint density at radius 3 is 2.84 bits per heavy atom. The summed E-state index contributed by atoms with van der Waals surface area (Å²) in [6.45, 7) is 5.73. The van der Waals surface area contributed by atoms with Crippen LogP contribution in [-0.4, -0.2) is 21.9 Å². The van der Waals surface area contributed by atoms with Crippen molar-refractivity contribution < 1.29 is 4.74 Å². The van der Waals surface area contributed by atoms with Gasteiger partial charge in [0.25, 0.3) is 0 Å². The monoisotopic (exact) mass is 329 g/mol. The van der Waals surface area contributed by atoms with E-state index in [-0.39, 0.29) is 0 Å². The second-order valence-electron chi connectivity index (χ2n) is 5.24. The molecule has 2 unspecified atom stereocenters. The quantitative estimate of drug-likeness (QED) is 0.903. The van der Waals surface area contributed by atoms with Crippen molar-refractivity contribution in [3.05, 3.63) is 15.9 Å². The Labute approximate surface area is 123 Å². The zero-order valence-electron chi connectivity index (χ0n) is 11.9. The van der Waals surface area contributed by atoms with E-state index >= 15 is 0 Å². The number of halogens is 1. The molecule has 1 aliphatic rings. The molecule has 1 saturated carbocycles. The molecule has 0 spiro atoms. The van der Waals surface area contributed by atoms with Gasteiger partial charge < -0.3 is 10.5 Å². The second-order valence-corrected chi connectivity index (χ2v) is 6.03. The van der Waals surface area contributed by atoms with Crippen molar-refractivity contribution in [1.82, 2.24) is 9.78 Å². The lowest BCUT2D eigenvalue weighted by Crippen LogP contribution is -2.32. The van der Waals surface area contributed by atoms with E-state index in [0.29, 0.717) is 18.8 Å². The third-order valence-corrected chi connectivity index (χ3v) is 4.73. The summed E-state index contributed by atoms with van der Waals surface area (Å²) in [5, 5.41) is 4.59. The molecule has 2 rings (SSSR count). The molecule has 0 saturated heterocycles. The molecule has 1 fully saturated rings. The normalized spacial score (nSPS) is 23.8. The van der Waals surface area contributed by atoms with Crippen LogP contribution in [0.15, 0.2) is 4.47 Å². The molecule has 1 aromatic rings. The van der Waals surface area contributed by atoms with Crippen molar-refractivity contribution in [1.29, 1.82) is 0 Å². The number of hydrogen-bond acceptors (Lipinski definition) is 3. The van der Waals surface area contributed by atoms with Gasteiger partial charge in [0.2, 0.25) is 0 Å². The summed E-state index contributed by atoms with van der Waals surface area (Å²) in [5.41, 5.74) is 8.26. The van der Waals surface area contributed by atoms with E-state index in [1.807, 2.05) is 4.68 Å². The topological polar surface area (TPSA) is 53.1 Å². The molecule has 0 radical (unpaired) electrons. The van der Waals surface area contributed by atoms with E-state index in [2.05, 4.69) is 34.9 Å². The molecule has 0 amide bonds. The van der Waals surface area contributed by atoms with Gasteiger partial charge >= 0.3 is 0 Å². The smallest absolute Gasteiger partial charge is 0.0900 e. The zero-order valence-corrected chi connectivity index (χ0v) is 13.4. The van der Waals surface area contributed by atoms with Crippen LogP contribution in [0.25, 0.3) is 0 Å². The van der Waals surface area contributed by atoms with Crippen LogP contribution in [0.5, 0.6) is 0 Å². The van der Waals surface area contributed by atoms with Gasteiger partial charge in [0.1, 0.15) is 0 Å². The molecule has 0 bridgehead atoms. The second kappa shape index (κ2) is 6.86. The van der Waals surface area contributed by atoms with E-state index in [9.17, 15) is 0 Å². The van der Waals surface area contributed by atoms with Gasteiger partial charge in [-0.1, -0.05) is 6.92 Å². The molecule has 0 aliphatic heterocycles. The maximum atomic E-state index is 6.05. The van der Waals surface area contributed by atoms with Gasteiger partial charge in [-0.25, -0.2) is 0 Å². The van der Waals surface area contributed by atoms with E-state index in [1.54, 1.807) is 0 Å². The Morgan fingerprint density at radius 1 is 1.42 bits per heavy atom. The minimum Gasteiger partial charge on any atom is -0.372 e. The lowest BCUT2D eigenvalue weighted by Gasteiger charge is -2.26. The fourth-order valence-electron chi connectivity index (χ4n) is 2.68. The summed E-state index contributed by atoms with van der Waals surface area (Å²) < 4.78 is 9.19. The number of nitrogens with two attached hydrogens (primary N) is 1. The molecule has 1 aliphatic carbocycles. The summed E-state index contributed by atoms with van der Waals surface area (Å²) in [6.07, 6.45) is 5.68. The molecular formula is C14H24BrN3O. The fourth-order valence-corrected chi connectivity index (χ4v) is 3.36. The van der Waals surface area contributed by atoms with E-state index in [1.165, 1.54) is 6.42 Å². The maximum Gasteiger partial charge on any atom is 0.0900 e. The SMILES string of the molecule is CCc1nn(CC)c(COC2CCCC(N)C2)c1Br. The molecule has 0 aromatic carbocycles. The lowest BCUT2D eigenvalue weighted by molar-refractivity contribution is 0.00883. The van der Waals surface area contributed by atoms with Gasteiger partial charge in [-0.15, -0.1) is 0 Å². The molecule has 1 heterocycles. The first kappa shape index (κ1) is 15.0. The van der Waals surface area contributed by atoms with Crippen LogP contribution in [0, 0.1) is 0 Å². The summed E-state index contributed by atoms with van der Waals surface area (Å²) in [5.74, 6) is 0. The predicted octanol–water partition coefficient (Wildman–Crippen LogP) is 3.01. The number of nitrogens with zero attached hydrogens (tertiary/aromatic N) is 2. The number of rotatable bonds is 5. The highest BCUT2D eigenvalue weighted by molar-refractivity contribution is 9.10. The first-order chi connectivity index (χ1) is 9.15. The Morgan fingerprint density at radius 2 is 2.21 bits per heavy atom. The van der Waals surface area contributed by atoms with Gasteiger partial charge in [0, 0.05) is 12.6 Å². The summed E-state index contributed by atoms with van der Waals surface area (Å²) in [6, 6.07) is 0.310. The number of aryl methyl sites for hydroxylation is 2. The van der Waals surface area contributed by atoms with Gasteiger partial charge in [-0.2, -0.15) is 5.10 Å². The van der Waals surface area contributed by atoms with Crippen LogP contribution >= 0.6 is 15.9 Å². The lowest BCUT2D eigenvalue weighted by atomic mass is 9.93. The van der Waals surface area contributed by atoms with Crippen molar-refractivity contribution in [3.63, 3.8) is 0 Å². The van der Waals surface area contributed by atoms with Crippen LogP contribution < -0.4 is 5.73 Å². The van der Waals surface area contributed by atoms with Crippen LogP contribution in [0.4, 0.5) is 0 Å². The Kier molecular flexibility index (Phi) is 5.42. The molecular weight excluding hydrogens is 306 g/mol. The molecule has 5 heteroatoms. The van der Waals surface area contributed by atoms with Crippen LogP contribution in [0.1, 0.15) is 50.9 Å². The average molecular weight is 330 g/mol.